The van der Waals surface area contributed by atoms with Gasteiger partial charge in [0, 0.05) is 5.56 Å². The molecule has 82 valence electrons. The molecule has 0 aromatic heterocycles. The molecule has 1 aromatic carbocycles. The maximum atomic E-state index is 11.6. The molecule has 1 aromatic rings. The fraction of sp³-hybridized carbons (Fsp3) is 0.364. The third-order valence-corrected chi connectivity index (χ3v) is 2.89. The minimum Gasteiger partial charge on any atom is -0.496 e. The number of carbonyl (C=O) groups is 1. The van der Waals surface area contributed by atoms with E-state index in [0.717, 1.165) is 11.1 Å². The second-order valence-corrected chi connectivity index (χ2v) is 3.72. The summed E-state index contributed by atoms with van der Waals surface area (Å²) in [6.07, 6.45) is 0. The van der Waals surface area contributed by atoms with Gasteiger partial charge in [-0.2, -0.15) is 0 Å². The molecule has 0 aliphatic heterocycles. The van der Waals surface area contributed by atoms with Crippen molar-refractivity contribution in [3.63, 3.8) is 0 Å². The van der Waals surface area contributed by atoms with Gasteiger partial charge < -0.3 is 10.5 Å². The van der Waals surface area contributed by atoms with E-state index in [1.165, 1.54) is 7.11 Å². The highest BCUT2D eigenvalue weighted by Crippen LogP contribution is 2.32. The summed E-state index contributed by atoms with van der Waals surface area (Å²) in [5.74, 6) is 0.371. The van der Waals surface area contributed by atoms with Gasteiger partial charge in [-0.3, -0.25) is 4.79 Å². The second kappa shape index (κ2) is 4.64. The Kier molecular flexibility index (Phi) is 3.72. The largest absolute Gasteiger partial charge is 0.496 e. The minimum atomic E-state index is -0.144. The average Bonchev–Trinajstić information content (AvgIpc) is 2.24. The van der Waals surface area contributed by atoms with E-state index in [0.29, 0.717) is 16.3 Å². The lowest BCUT2D eigenvalue weighted by atomic mass is 10.0. The first kappa shape index (κ1) is 12.0. The molecule has 0 unspecified atom stereocenters. The van der Waals surface area contributed by atoms with Crippen molar-refractivity contribution >= 4 is 17.4 Å². The SMILES string of the molecule is COc1c(C(=O)CN)cc(C)c(Cl)c1C. The van der Waals surface area contributed by atoms with Crippen LogP contribution in [0.25, 0.3) is 0 Å². The number of hydrogen-bond acceptors (Lipinski definition) is 3. The lowest BCUT2D eigenvalue weighted by Gasteiger charge is -2.13. The zero-order valence-corrected chi connectivity index (χ0v) is 9.81. The van der Waals surface area contributed by atoms with Crippen molar-refractivity contribution in [3.8, 4) is 5.75 Å². The summed E-state index contributed by atoms with van der Waals surface area (Å²) in [7, 11) is 1.52. The standard InChI is InChI=1S/C11H14ClNO2/c1-6-4-8(9(14)5-13)11(15-3)7(2)10(6)12/h4H,5,13H2,1-3H3. The van der Waals surface area contributed by atoms with E-state index in [4.69, 9.17) is 22.1 Å². The van der Waals surface area contributed by atoms with Crippen molar-refractivity contribution in [2.24, 2.45) is 5.73 Å². The van der Waals surface area contributed by atoms with E-state index in [2.05, 4.69) is 0 Å². The van der Waals surface area contributed by atoms with Crippen molar-refractivity contribution in [1.29, 1.82) is 0 Å². The van der Waals surface area contributed by atoms with Gasteiger partial charge in [-0.05, 0) is 25.5 Å². The topological polar surface area (TPSA) is 52.3 Å². The molecule has 0 spiro atoms. The predicted molar refractivity (Wildman–Crippen MR) is 60.9 cm³/mol. The Labute approximate surface area is 94.2 Å². The lowest BCUT2D eigenvalue weighted by Crippen LogP contribution is -2.15. The fourth-order valence-electron chi connectivity index (χ4n) is 1.52. The van der Waals surface area contributed by atoms with Crippen LogP contribution in [0, 0.1) is 13.8 Å². The molecule has 1 rings (SSSR count). The van der Waals surface area contributed by atoms with Crippen molar-refractivity contribution in [3.05, 3.63) is 27.8 Å². The molecule has 0 amide bonds. The first-order valence-electron chi connectivity index (χ1n) is 4.59. The molecular weight excluding hydrogens is 214 g/mol. The summed E-state index contributed by atoms with van der Waals surface area (Å²) in [5.41, 5.74) is 7.45. The molecule has 0 saturated heterocycles. The van der Waals surface area contributed by atoms with Crippen LogP contribution in [0.15, 0.2) is 6.07 Å². The van der Waals surface area contributed by atoms with Crippen LogP contribution in [0.3, 0.4) is 0 Å². The third-order valence-electron chi connectivity index (χ3n) is 2.31. The van der Waals surface area contributed by atoms with Gasteiger partial charge >= 0.3 is 0 Å². The summed E-state index contributed by atoms with van der Waals surface area (Å²) in [5, 5.41) is 0.625. The number of Topliss-reactive ketones (excluding diaryl/α,β-unsaturated/α-hetero) is 1. The first-order chi connectivity index (χ1) is 7.02. The smallest absolute Gasteiger partial charge is 0.180 e. The van der Waals surface area contributed by atoms with E-state index in [1.807, 2.05) is 13.8 Å². The predicted octanol–water partition coefficient (Wildman–Crippen LogP) is 2.11. The molecule has 2 N–H and O–H groups in total. The Morgan fingerprint density at radius 2 is 2.13 bits per heavy atom. The van der Waals surface area contributed by atoms with Gasteiger partial charge in [0.1, 0.15) is 5.75 Å². The molecule has 15 heavy (non-hydrogen) atoms. The number of benzene rings is 1. The number of hydrogen-bond donors (Lipinski definition) is 1. The Morgan fingerprint density at radius 3 is 2.60 bits per heavy atom. The van der Waals surface area contributed by atoms with E-state index in [1.54, 1.807) is 6.07 Å². The Hall–Kier alpha value is -1.06. The zero-order chi connectivity index (χ0) is 11.6. The lowest BCUT2D eigenvalue weighted by molar-refractivity contribution is 0.0998. The molecule has 0 bridgehead atoms. The average molecular weight is 228 g/mol. The van der Waals surface area contributed by atoms with Gasteiger partial charge in [-0.1, -0.05) is 11.6 Å². The third kappa shape index (κ3) is 2.13. The fourth-order valence-corrected chi connectivity index (χ4v) is 1.66. The van der Waals surface area contributed by atoms with E-state index in [-0.39, 0.29) is 12.3 Å². The van der Waals surface area contributed by atoms with Crippen LogP contribution in [0.5, 0.6) is 5.75 Å². The van der Waals surface area contributed by atoms with Crippen molar-refractivity contribution in [2.75, 3.05) is 13.7 Å². The first-order valence-corrected chi connectivity index (χ1v) is 4.97. The minimum absolute atomic E-state index is 0.0309. The number of methoxy groups -OCH3 is 1. The van der Waals surface area contributed by atoms with Crippen molar-refractivity contribution in [2.45, 2.75) is 13.8 Å². The summed E-state index contributed by atoms with van der Waals surface area (Å²) in [6.45, 7) is 3.64. The van der Waals surface area contributed by atoms with Crippen LogP contribution >= 0.6 is 11.6 Å². The van der Waals surface area contributed by atoms with Gasteiger partial charge in [-0.25, -0.2) is 0 Å². The molecule has 0 fully saturated rings. The van der Waals surface area contributed by atoms with E-state index >= 15 is 0 Å². The van der Waals surface area contributed by atoms with Gasteiger partial charge in [0.15, 0.2) is 5.78 Å². The normalized spacial score (nSPS) is 10.2. The van der Waals surface area contributed by atoms with Crippen LogP contribution in [0.4, 0.5) is 0 Å². The summed E-state index contributed by atoms with van der Waals surface area (Å²) in [6, 6.07) is 1.71. The molecule has 0 aliphatic rings. The molecule has 4 heteroatoms. The Morgan fingerprint density at radius 1 is 1.53 bits per heavy atom. The molecule has 3 nitrogen and oxygen atoms in total. The van der Waals surface area contributed by atoms with Gasteiger partial charge in [0.05, 0.1) is 24.2 Å². The summed E-state index contributed by atoms with van der Waals surface area (Å²) < 4.78 is 5.17. The molecule has 0 saturated carbocycles. The maximum Gasteiger partial charge on any atom is 0.180 e. The number of aryl methyl sites for hydroxylation is 1. The van der Waals surface area contributed by atoms with Crippen molar-refractivity contribution < 1.29 is 9.53 Å². The number of rotatable bonds is 3. The maximum absolute atomic E-state index is 11.6. The number of nitrogens with two attached hydrogens (primary N) is 1. The van der Waals surface area contributed by atoms with Gasteiger partial charge in [-0.15, -0.1) is 0 Å². The number of ether oxygens (including phenoxy) is 1. The summed E-state index contributed by atoms with van der Waals surface area (Å²) >= 11 is 6.06. The van der Waals surface area contributed by atoms with Gasteiger partial charge in [0.25, 0.3) is 0 Å². The Bertz CT molecular complexity index is 402. The van der Waals surface area contributed by atoms with Crippen LogP contribution in [0.1, 0.15) is 21.5 Å². The highest BCUT2D eigenvalue weighted by Gasteiger charge is 2.16. The molecular formula is C11H14ClNO2. The zero-order valence-electron chi connectivity index (χ0n) is 9.06. The van der Waals surface area contributed by atoms with E-state index in [9.17, 15) is 4.79 Å². The summed E-state index contributed by atoms with van der Waals surface area (Å²) in [4.78, 5) is 11.6. The van der Waals surface area contributed by atoms with E-state index < -0.39 is 0 Å². The highest BCUT2D eigenvalue weighted by atomic mass is 35.5. The van der Waals surface area contributed by atoms with Crippen LogP contribution in [-0.4, -0.2) is 19.4 Å². The molecule has 0 radical (unpaired) electrons. The molecule has 0 aliphatic carbocycles. The quantitative estimate of drug-likeness (QED) is 0.805. The monoisotopic (exact) mass is 227 g/mol. The van der Waals surface area contributed by atoms with Gasteiger partial charge in [0.2, 0.25) is 0 Å². The Balaban J connectivity index is 3.45. The number of halogens is 1. The van der Waals surface area contributed by atoms with Crippen LogP contribution < -0.4 is 10.5 Å². The van der Waals surface area contributed by atoms with Crippen LogP contribution in [0.2, 0.25) is 5.02 Å². The molecule has 0 heterocycles. The second-order valence-electron chi connectivity index (χ2n) is 3.34. The van der Waals surface area contributed by atoms with Crippen molar-refractivity contribution in [1.82, 2.24) is 0 Å². The number of ketones is 1. The molecule has 0 atom stereocenters. The van der Waals surface area contributed by atoms with Crippen LogP contribution in [-0.2, 0) is 0 Å². The highest BCUT2D eigenvalue weighted by molar-refractivity contribution is 6.32. The number of carbonyl (C=O) groups excluding carboxylic acids is 1.